The Morgan fingerprint density at radius 3 is 3.17 bits per heavy atom. The van der Waals surface area contributed by atoms with Crippen molar-refractivity contribution in [2.45, 2.75) is 38.1 Å². The van der Waals surface area contributed by atoms with Gasteiger partial charge in [-0.25, -0.2) is 0 Å². The number of allylic oxidation sites excluding steroid dienone is 1. The van der Waals surface area contributed by atoms with E-state index in [1.54, 1.807) is 0 Å². The number of rotatable bonds is 3. The quantitative estimate of drug-likeness (QED) is 0.581. The van der Waals surface area contributed by atoms with Crippen molar-refractivity contribution in [3.8, 4) is 0 Å². The van der Waals surface area contributed by atoms with E-state index in [9.17, 15) is 0 Å². The van der Waals surface area contributed by atoms with Crippen molar-refractivity contribution in [1.29, 1.82) is 0 Å². The summed E-state index contributed by atoms with van der Waals surface area (Å²) in [6.07, 6.45) is 9.02. The summed E-state index contributed by atoms with van der Waals surface area (Å²) in [5.74, 6) is 0.980. The van der Waals surface area contributed by atoms with Gasteiger partial charge in [0.2, 0.25) is 0 Å². The Bertz CT molecular complexity index is 152. The fourth-order valence-corrected chi connectivity index (χ4v) is 2.76. The minimum absolute atomic E-state index is 0.958. The second-order valence-electron chi connectivity index (χ2n) is 4.26. The van der Waals surface area contributed by atoms with Crippen LogP contribution in [0.2, 0.25) is 0 Å². The first-order chi connectivity index (χ1) is 5.90. The standard InChI is InChI=1S/C11H19N/c1-2-3-5-10-8-11-6-4-7-12(11)9-10/h2,10-11H,1,3-9H2/t10-,11-/m0/s1. The van der Waals surface area contributed by atoms with Crippen molar-refractivity contribution in [3.05, 3.63) is 12.7 Å². The van der Waals surface area contributed by atoms with Gasteiger partial charge in [-0.15, -0.1) is 6.58 Å². The van der Waals surface area contributed by atoms with Gasteiger partial charge in [0.25, 0.3) is 0 Å². The summed E-state index contributed by atoms with van der Waals surface area (Å²) in [7, 11) is 0. The van der Waals surface area contributed by atoms with E-state index in [0.717, 1.165) is 12.0 Å². The molecule has 1 heteroatoms. The third-order valence-electron chi connectivity index (χ3n) is 3.38. The van der Waals surface area contributed by atoms with Crippen LogP contribution >= 0.6 is 0 Å². The molecule has 68 valence electrons. The van der Waals surface area contributed by atoms with Gasteiger partial charge in [-0.05, 0) is 44.6 Å². The van der Waals surface area contributed by atoms with Gasteiger partial charge >= 0.3 is 0 Å². The molecule has 0 amide bonds. The fourth-order valence-electron chi connectivity index (χ4n) is 2.76. The Hall–Kier alpha value is -0.300. The van der Waals surface area contributed by atoms with Crippen LogP contribution in [0.25, 0.3) is 0 Å². The van der Waals surface area contributed by atoms with E-state index >= 15 is 0 Å². The lowest BCUT2D eigenvalue weighted by molar-refractivity contribution is 0.316. The molecule has 1 nitrogen and oxygen atoms in total. The third-order valence-corrected chi connectivity index (χ3v) is 3.38. The van der Waals surface area contributed by atoms with Crippen molar-refractivity contribution < 1.29 is 0 Å². The van der Waals surface area contributed by atoms with Crippen LogP contribution in [0.1, 0.15) is 32.1 Å². The van der Waals surface area contributed by atoms with E-state index < -0.39 is 0 Å². The zero-order chi connectivity index (χ0) is 8.39. The molecule has 0 aromatic carbocycles. The molecule has 12 heavy (non-hydrogen) atoms. The molecule has 2 saturated heterocycles. The second kappa shape index (κ2) is 3.61. The van der Waals surface area contributed by atoms with E-state index in [4.69, 9.17) is 0 Å². The van der Waals surface area contributed by atoms with E-state index in [0.29, 0.717) is 0 Å². The van der Waals surface area contributed by atoms with Gasteiger partial charge in [-0.2, -0.15) is 0 Å². The monoisotopic (exact) mass is 165 g/mol. The van der Waals surface area contributed by atoms with E-state index in [1.165, 1.54) is 45.2 Å². The number of fused-ring (bicyclic) bond motifs is 1. The SMILES string of the molecule is C=CCC[C@H]1C[C@@H]2CCCN2C1. The molecule has 0 saturated carbocycles. The van der Waals surface area contributed by atoms with E-state index in [2.05, 4.69) is 17.6 Å². The highest BCUT2D eigenvalue weighted by molar-refractivity contribution is 4.90. The second-order valence-corrected chi connectivity index (χ2v) is 4.26. The maximum Gasteiger partial charge on any atom is 0.00989 e. The van der Waals surface area contributed by atoms with Crippen molar-refractivity contribution >= 4 is 0 Å². The first-order valence-electron chi connectivity index (χ1n) is 5.25. The lowest BCUT2D eigenvalue weighted by atomic mass is 9.98. The van der Waals surface area contributed by atoms with Crippen LogP contribution in [-0.4, -0.2) is 24.0 Å². The van der Waals surface area contributed by atoms with Crippen LogP contribution in [0.3, 0.4) is 0 Å². The zero-order valence-corrected chi connectivity index (χ0v) is 7.84. The molecule has 0 aromatic rings. The topological polar surface area (TPSA) is 3.24 Å². The largest absolute Gasteiger partial charge is 0.300 e. The number of hydrogen-bond acceptors (Lipinski definition) is 1. The highest BCUT2D eigenvalue weighted by Crippen LogP contribution is 2.33. The highest BCUT2D eigenvalue weighted by Gasteiger charge is 2.34. The van der Waals surface area contributed by atoms with Crippen molar-refractivity contribution in [2.75, 3.05) is 13.1 Å². The van der Waals surface area contributed by atoms with Crippen LogP contribution < -0.4 is 0 Å². The first-order valence-corrected chi connectivity index (χ1v) is 5.25. The van der Waals surface area contributed by atoms with E-state index in [-0.39, 0.29) is 0 Å². The molecule has 0 bridgehead atoms. The summed E-state index contributed by atoms with van der Waals surface area (Å²) in [6.45, 7) is 6.52. The predicted molar refractivity (Wildman–Crippen MR) is 52.1 cm³/mol. The summed E-state index contributed by atoms with van der Waals surface area (Å²) in [4.78, 5) is 2.69. The van der Waals surface area contributed by atoms with Crippen LogP contribution in [0.4, 0.5) is 0 Å². The summed E-state index contributed by atoms with van der Waals surface area (Å²) in [5, 5.41) is 0. The third kappa shape index (κ3) is 1.56. The van der Waals surface area contributed by atoms with Gasteiger partial charge in [0.15, 0.2) is 0 Å². The molecule has 0 unspecified atom stereocenters. The molecule has 0 aromatic heterocycles. The molecule has 2 fully saturated rings. The summed E-state index contributed by atoms with van der Waals surface area (Å²) >= 11 is 0. The minimum Gasteiger partial charge on any atom is -0.300 e. The summed E-state index contributed by atoms with van der Waals surface area (Å²) in [5.41, 5.74) is 0. The van der Waals surface area contributed by atoms with Crippen molar-refractivity contribution in [1.82, 2.24) is 4.90 Å². The van der Waals surface area contributed by atoms with Crippen molar-refractivity contribution in [2.24, 2.45) is 5.92 Å². The van der Waals surface area contributed by atoms with Gasteiger partial charge < -0.3 is 4.90 Å². The molecule has 2 heterocycles. The van der Waals surface area contributed by atoms with Gasteiger partial charge in [0.05, 0.1) is 0 Å². The smallest absolute Gasteiger partial charge is 0.00989 e. The predicted octanol–water partition coefficient (Wildman–Crippen LogP) is 2.44. The Kier molecular flexibility index (Phi) is 2.50. The van der Waals surface area contributed by atoms with Gasteiger partial charge in [-0.1, -0.05) is 6.08 Å². The molecule has 2 rings (SSSR count). The molecule has 2 aliphatic rings. The van der Waals surface area contributed by atoms with Crippen molar-refractivity contribution in [3.63, 3.8) is 0 Å². The first kappa shape index (κ1) is 8.31. The number of nitrogens with zero attached hydrogens (tertiary/aromatic N) is 1. The molecule has 0 aliphatic carbocycles. The van der Waals surface area contributed by atoms with Crippen LogP contribution in [-0.2, 0) is 0 Å². The highest BCUT2D eigenvalue weighted by atomic mass is 15.2. The van der Waals surface area contributed by atoms with Crippen LogP contribution in [0.5, 0.6) is 0 Å². The molecule has 0 N–H and O–H groups in total. The average molecular weight is 165 g/mol. The maximum atomic E-state index is 3.78. The van der Waals surface area contributed by atoms with Gasteiger partial charge in [-0.3, -0.25) is 0 Å². The van der Waals surface area contributed by atoms with Gasteiger partial charge in [0.1, 0.15) is 0 Å². The minimum atomic E-state index is 0.958. The molecule has 0 spiro atoms. The molecular weight excluding hydrogens is 146 g/mol. The molecule has 2 aliphatic heterocycles. The Balaban J connectivity index is 1.78. The van der Waals surface area contributed by atoms with Crippen LogP contribution in [0, 0.1) is 5.92 Å². The maximum absolute atomic E-state index is 3.78. The Morgan fingerprint density at radius 2 is 2.42 bits per heavy atom. The Morgan fingerprint density at radius 1 is 1.50 bits per heavy atom. The molecular formula is C11H19N. The lowest BCUT2D eigenvalue weighted by Gasteiger charge is -2.12. The normalized spacial score (nSPS) is 35.3. The summed E-state index contributed by atoms with van der Waals surface area (Å²) in [6, 6.07) is 0.958. The Labute approximate surface area is 75.4 Å². The lowest BCUT2D eigenvalue weighted by Crippen LogP contribution is -2.22. The average Bonchev–Trinajstić information content (AvgIpc) is 2.58. The summed E-state index contributed by atoms with van der Waals surface area (Å²) < 4.78 is 0. The van der Waals surface area contributed by atoms with E-state index in [1.807, 2.05) is 0 Å². The number of hydrogen-bond donors (Lipinski definition) is 0. The van der Waals surface area contributed by atoms with Crippen LogP contribution in [0.15, 0.2) is 12.7 Å². The molecule has 2 atom stereocenters. The molecule has 0 radical (unpaired) electrons. The fraction of sp³-hybridized carbons (Fsp3) is 0.818. The van der Waals surface area contributed by atoms with Gasteiger partial charge in [0, 0.05) is 12.6 Å². The zero-order valence-electron chi connectivity index (χ0n) is 7.84.